The first-order chi connectivity index (χ1) is 8.25. The SMILES string of the molecule is Cc1cnc(-n2cc(Br)cn2)c2ccccc12. The Kier molecular flexibility index (Phi) is 2.44. The Hall–Kier alpha value is -1.68. The van der Waals surface area contributed by atoms with Crippen LogP contribution in [0.4, 0.5) is 0 Å². The molecule has 17 heavy (non-hydrogen) atoms. The second-order valence-electron chi connectivity index (χ2n) is 3.91. The van der Waals surface area contributed by atoms with E-state index in [0.29, 0.717) is 0 Å². The van der Waals surface area contributed by atoms with Gasteiger partial charge < -0.3 is 0 Å². The lowest BCUT2D eigenvalue weighted by Gasteiger charge is -2.07. The smallest absolute Gasteiger partial charge is 0.161 e. The third-order valence-corrected chi connectivity index (χ3v) is 3.15. The number of rotatable bonds is 1. The van der Waals surface area contributed by atoms with Crippen LogP contribution in [-0.4, -0.2) is 14.8 Å². The minimum Gasteiger partial charge on any atom is -0.236 e. The molecule has 0 amide bonds. The summed E-state index contributed by atoms with van der Waals surface area (Å²) < 4.78 is 2.73. The maximum atomic E-state index is 4.47. The zero-order valence-corrected chi connectivity index (χ0v) is 10.8. The van der Waals surface area contributed by atoms with Crippen molar-refractivity contribution in [2.75, 3.05) is 0 Å². The van der Waals surface area contributed by atoms with Crippen LogP contribution in [-0.2, 0) is 0 Å². The summed E-state index contributed by atoms with van der Waals surface area (Å²) in [6.45, 7) is 2.07. The van der Waals surface area contributed by atoms with Crippen LogP contribution in [0.1, 0.15) is 5.56 Å². The Bertz CT molecular complexity index is 688. The highest BCUT2D eigenvalue weighted by molar-refractivity contribution is 9.10. The number of fused-ring (bicyclic) bond motifs is 1. The summed E-state index contributed by atoms with van der Waals surface area (Å²) in [5, 5.41) is 6.60. The van der Waals surface area contributed by atoms with E-state index < -0.39 is 0 Å². The summed E-state index contributed by atoms with van der Waals surface area (Å²) in [5.41, 5.74) is 1.18. The predicted octanol–water partition coefficient (Wildman–Crippen LogP) is 3.49. The van der Waals surface area contributed by atoms with Crippen molar-refractivity contribution < 1.29 is 0 Å². The second-order valence-corrected chi connectivity index (χ2v) is 4.83. The zero-order valence-electron chi connectivity index (χ0n) is 9.26. The fourth-order valence-corrected chi connectivity index (χ4v) is 2.20. The fourth-order valence-electron chi connectivity index (χ4n) is 1.92. The van der Waals surface area contributed by atoms with E-state index in [1.54, 1.807) is 10.9 Å². The maximum Gasteiger partial charge on any atom is 0.161 e. The minimum absolute atomic E-state index is 0.858. The van der Waals surface area contributed by atoms with E-state index in [-0.39, 0.29) is 0 Å². The molecule has 0 aliphatic heterocycles. The molecule has 0 atom stereocenters. The quantitative estimate of drug-likeness (QED) is 0.686. The van der Waals surface area contributed by atoms with Crippen molar-refractivity contribution in [3.63, 3.8) is 0 Å². The van der Waals surface area contributed by atoms with Gasteiger partial charge in [-0.2, -0.15) is 5.10 Å². The molecule has 0 radical (unpaired) electrons. The van der Waals surface area contributed by atoms with Gasteiger partial charge in [-0.3, -0.25) is 0 Å². The Morgan fingerprint density at radius 1 is 1.12 bits per heavy atom. The van der Waals surface area contributed by atoms with Gasteiger partial charge in [0.2, 0.25) is 0 Å². The van der Waals surface area contributed by atoms with Crippen LogP contribution in [0.25, 0.3) is 16.6 Å². The van der Waals surface area contributed by atoms with E-state index >= 15 is 0 Å². The molecule has 0 N–H and O–H groups in total. The minimum atomic E-state index is 0.858. The highest BCUT2D eigenvalue weighted by atomic mass is 79.9. The molecule has 0 spiro atoms. The lowest BCUT2D eigenvalue weighted by molar-refractivity contribution is 0.855. The Morgan fingerprint density at radius 2 is 1.88 bits per heavy atom. The molecule has 0 bridgehead atoms. The van der Waals surface area contributed by atoms with Crippen LogP contribution in [0.2, 0.25) is 0 Å². The standard InChI is InChI=1S/C13H10BrN3/c1-9-6-15-13(17-8-10(14)7-16-17)12-5-3-2-4-11(9)12/h2-8H,1H3. The molecule has 0 saturated heterocycles. The summed E-state index contributed by atoms with van der Waals surface area (Å²) in [5.74, 6) is 0.858. The van der Waals surface area contributed by atoms with Crippen molar-refractivity contribution in [2.24, 2.45) is 0 Å². The van der Waals surface area contributed by atoms with Crippen molar-refractivity contribution in [1.82, 2.24) is 14.8 Å². The Labute approximate surface area is 107 Å². The number of aryl methyl sites for hydroxylation is 1. The maximum absolute atomic E-state index is 4.47. The van der Waals surface area contributed by atoms with Gasteiger partial charge in [0.25, 0.3) is 0 Å². The molecular weight excluding hydrogens is 278 g/mol. The van der Waals surface area contributed by atoms with E-state index in [0.717, 1.165) is 15.7 Å². The molecule has 0 aliphatic rings. The first-order valence-electron chi connectivity index (χ1n) is 5.30. The van der Waals surface area contributed by atoms with Gasteiger partial charge in [-0.05, 0) is 33.8 Å². The summed E-state index contributed by atoms with van der Waals surface area (Å²) in [4.78, 5) is 4.47. The summed E-state index contributed by atoms with van der Waals surface area (Å²) in [6.07, 6.45) is 5.55. The summed E-state index contributed by atoms with van der Waals surface area (Å²) >= 11 is 3.40. The summed E-state index contributed by atoms with van der Waals surface area (Å²) in [6, 6.07) is 8.23. The van der Waals surface area contributed by atoms with E-state index in [1.165, 1.54) is 10.9 Å². The third-order valence-electron chi connectivity index (χ3n) is 2.74. The zero-order chi connectivity index (χ0) is 11.8. The van der Waals surface area contributed by atoms with Crippen molar-refractivity contribution in [3.05, 3.63) is 52.9 Å². The van der Waals surface area contributed by atoms with Crippen molar-refractivity contribution in [2.45, 2.75) is 6.92 Å². The number of benzene rings is 1. The number of pyridine rings is 1. The molecule has 4 heteroatoms. The van der Waals surface area contributed by atoms with Crippen LogP contribution in [0.15, 0.2) is 47.3 Å². The molecular formula is C13H10BrN3. The molecule has 3 nitrogen and oxygen atoms in total. The third kappa shape index (κ3) is 1.74. The lowest BCUT2D eigenvalue weighted by atomic mass is 10.1. The average Bonchev–Trinajstić information content (AvgIpc) is 2.77. The normalized spacial score (nSPS) is 10.9. The molecule has 0 fully saturated rings. The number of hydrogen-bond donors (Lipinski definition) is 0. The van der Waals surface area contributed by atoms with Gasteiger partial charge in [0.05, 0.1) is 10.7 Å². The Morgan fingerprint density at radius 3 is 2.59 bits per heavy atom. The van der Waals surface area contributed by atoms with Gasteiger partial charge in [-0.1, -0.05) is 24.3 Å². The lowest BCUT2D eigenvalue weighted by Crippen LogP contribution is -1.99. The van der Waals surface area contributed by atoms with Crippen LogP contribution >= 0.6 is 15.9 Å². The molecule has 3 aromatic rings. The van der Waals surface area contributed by atoms with Gasteiger partial charge >= 0.3 is 0 Å². The van der Waals surface area contributed by atoms with E-state index in [2.05, 4.69) is 45.1 Å². The number of hydrogen-bond acceptors (Lipinski definition) is 2. The van der Waals surface area contributed by atoms with Gasteiger partial charge in [-0.25, -0.2) is 9.67 Å². The molecule has 3 rings (SSSR count). The van der Waals surface area contributed by atoms with Crippen molar-refractivity contribution in [1.29, 1.82) is 0 Å². The first-order valence-corrected chi connectivity index (χ1v) is 6.10. The van der Waals surface area contributed by atoms with Crippen LogP contribution < -0.4 is 0 Å². The monoisotopic (exact) mass is 287 g/mol. The van der Waals surface area contributed by atoms with Crippen LogP contribution in [0.3, 0.4) is 0 Å². The molecule has 0 aliphatic carbocycles. The largest absolute Gasteiger partial charge is 0.236 e. The molecule has 0 unspecified atom stereocenters. The van der Waals surface area contributed by atoms with E-state index in [1.807, 2.05) is 24.5 Å². The highest BCUT2D eigenvalue weighted by Crippen LogP contribution is 2.23. The predicted molar refractivity (Wildman–Crippen MR) is 71.3 cm³/mol. The molecule has 2 aromatic heterocycles. The molecule has 1 aromatic carbocycles. The van der Waals surface area contributed by atoms with Gasteiger partial charge in [0.1, 0.15) is 0 Å². The van der Waals surface area contributed by atoms with Crippen LogP contribution in [0, 0.1) is 6.92 Å². The average molecular weight is 288 g/mol. The Balaban J connectivity index is 2.34. The molecule has 2 heterocycles. The van der Waals surface area contributed by atoms with E-state index in [4.69, 9.17) is 0 Å². The summed E-state index contributed by atoms with van der Waals surface area (Å²) in [7, 11) is 0. The number of aromatic nitrogens is 3. The molecule has 0 saturated carbocycles. The number of halogens is 1. The second kappa shape index (κ2) is 3.96. The highest BCUT2D eigenvalue weighted by Gasteiger charge is 2.07. The molecule has 84 valence electrons. The van der Waals surface area contributed by atoms with Crippen LogP contribution in [0.5, 0.6) is 0 Å². The van der Waals surface area contributed by atoms with Gasteiger partial charge in [0, 0.05) is 17.8 Å². The van der Waals surface area contributed by atoms with Gasteiger partial charge in [-0.15, -0.1) is 0 Å². The first kappa shape index (κ1) is 10.5. The number of nitrogens with zero attached hydrogens (tertiary/aromatic N) is 3. The van der Waals surface area contributed by atoms with Crippen molar-refractivity contribution in [3.8, 4) is 5.82 Å². The van der Waals surface area contributed by atoms with E-state index in [9.17, 15) is 0 Å². The van der Waals surface area contributed by atoms with Crippen molar-refractivity contribution >= 4 is 26.7 Å². The van der Waals surface area contributed by atoms with Gasteiger partial charge in [0.15, 0.2) is 5.82 Å². The fraction of sp³-hybridized carbons (Fsp3) is 0.0769. The topological polar surface area (TPSA) is 30.7 Å².